The Labute approximate surface area is 162 Å². The van der Waals surface area contributed by atoms with Crippen molar-refractivity contribution in [1.29, 1.82) is 0 Å². The Morgan fingerprint density at radius 2 is 1.89 bits per heavy atom. The fraction of sp³-hybridized carbons (Fsp3) is 0.368. The molecule has 3 rings (SSSR count). The second kappa shape index (κ2) is 8.64. The Balaban J connectivity index is 1.71. The third-order valence-electron chi connectivity index (χ3n) is 4.29. The van der Waals surface area contributed by atoms with E-state index in [0.29, 0.717) is 44.4 Å². The van der Waals surface area contributed by atoms with Gasteiger partial charge in [-0.2, -0.15) is 0 Å². The van der Waals surface area contributed by atoms with Crippen molar-refractivity contribution in [3.63, 3.8) is 0 Å². The number of piperazine rings is 1. The molecule has 0 saturated carbocycles. The van der Waals surface area contributed by atoms with Crippen LogP contribution in [0.3, 0.4) is 0 Å². The standard InChI is InChI=1S/C19H22FN5O3/c1-3-28-19(27)25-10-8-24(9-11-25)18-21-13(2)12-16(23-18)17(26)22-15-7-5-4-6-14(15)20/h4-7,12H,3,8-11H2,1-2H3,(H,22,26). The van der Waals surface area contributed by atoms with Gasteiger partial charge in [-0.15, -0.1) is 0 Å². The molecule has 1 N–H and O–H groups in total. The number of nitrogens with one attached hydrogen (secondary N) is 1. The first kappa shape index (κ1) is 19.5. The van der Waals surface area contributed by atoms with Gasteiger partial charge >= 0.3 is 6.09 Å². The molecule has 0 unspecified atom stereocenters. The number of halogens is 1. The van der Waals surface area contributed by atoms with E-state index in [1.807, 2.05) is 4.90 Å². The molecule has 0 bridgehead atoms. The van der Waals surface area contributed by atoms with Gasteiger partial charge in [0.25, 0.3) is 5.91 Å². The Morgan fingerprint density at radius 1 is 1.18 bits per heavy atom. The molecule has 8 nitrogen and oxygen atoms in total. The first-order valence-corrected chi connectivity index (χ1v) is 9.06. The number of aromatic nitrogens is 2. The Morgan fingerprint density at radius 3 is 2.57 bits per heavy atom. The molecule has 1 saturated heterocycles. The highest BCUT2D eigenvalue weighted by Crippen LogP contribution is 2.17. The fourth-order valence-corrected chi connectivity index (χ4v) is 2.86. The highest BCUT2D eigenvalue weighted by Gasteiger charge is 2.24. The zero-order valence-electron chi connectivity index (χ0n) is 15.8. The smallest absolute Gasteiger partial charge is 0.409 e. The van der Waals surface area contributed by atoms with Crippen molar-refractivity contribution < 1.29 is 18.7 Å². The largest absolute Gasteiger partial charge is 0.450 e. The third-order valence-corrected chi connectivity index (χ3v) is 4.29. The summed E-state index contributed by atoms with van der Waals surface area (Å²) < 4.78 is 18.8. The number of hydrogen-bond donors (Lipinski definition) is 1. The molecule has 1 aromatic carbocycles. The number of amides is 2. The van der Waals surface area contributed by atoms with Gasteiger partial charge in [-0.1, -0.05) is 12.1 Å². The van der Waals surface area contributed by atoms with Crippen molar-refractivity contribution in [2.45, 2.75) is 13.8 Å². The first-order chi connectivity index (χ1) is 13.5. The molecule has 0 radical (unpaired) electrons. The molecule has 148 valence electrons. The van der Waals surface area contributed by atoms with Crippen molar-refractivity contribution >= 4 is 23.6 Å². The number of benzene rings is 1. The van der Waals surface area contributed by atoms with Crippen LogP contribution < -0.4 is 10.2 Å². The summed E-state index contributed by atoms with van der Waals surface area (Å²) in [5, 5.41) is 2.53. The maximum absolute atomic E-state index is 13.8. The number of hydrogen-bond acceptors (Lipinski definition) is 6. The highest BCUT2D eigenvalue weighted by molar-refractivity contribution is 6.03. The zero-order chi connectivity index (χ0) is 20.1. The summed E-state index contributed by atoms with van der Waals surface area (Å²) in [5.74, 6) is -0.624. The lowest BCUT2D eigenvalue weighted by Gasteiger charge is -2.34. The van der Waals surface area contributed by atoms with Crippen LogP contribution in [0.1, 0.15) is 23.1 Å². The highest BCUT2D eigenvalue weighted by atomic mass is 19.1. The van der Waals surface area contributed by atoms with Gasteiger partial charge in [0.2, 0.25) is 5.95 Å². The average molecular weight is 387 g/mol. The molecule has 2 aromatic rings. The Bertz CT molecular complexity index is 868. The summed E-state index contributed by atoms with van der Waals surface area (Å²) in [6.07, 6.45) is -0.336. The van der Waals surface area contributed by atoms with Crippen molar-refractivity contribution in [2.24, 2.45) is 0 Å². The van der Waals surface area contributed by atoms with Gasteiger partial charge in [-0.05, 0) is 32.0 Å². The molecule has 2 amide bonds. The van der Waals surface area contributed by atoms with Crippen LogP contribution in [-0.2, 0) is 4.74 Å². The minimum absolute atomic E-state index is 0.0911. The van der Waals surface area contributed by atoms with Crippen LogP contribution in [0.5, 0.6) is 0 Å². The van der Waals surface area contributed by atoms with Gasteiger partial charge in [-0.25, -0.2) is 19.2 Å². The van der Waals surface area contributed by atoms with Crippen molar-refractivity contribution in [3.8, 4) is 0 Å². The molecule has 0 aliphatic carbocycles. The summed E-state index contributed by atoms with van der Waals surface area (Å²) in [6.45, 7) is 5.87. The second-order valence-corrected chi connectivity index (χ2v) is 6.30. The van der Waals surface area contributed by atoms with Gasteiger partial charge in [0.05, 0.1) is 12.3 Å². The van der Waals surface area contributed by atoms with Crippen LogP contribution in [0.25, 0.3) is 0 Å². The third kappa shape index (κ3) is 4.54. The predicted octanol–water partition coefficient (Wildman–Crippen LogP) is 2.45. The van der Waals surface area contributed by atoms with Gasteiger partial charge in [0, 0.05) is 31.9 Å². The summed E-state index contributed by atoms with van der Waals surface area (Å²) in [7, 11) is 0. The predicted molar refractivity (Wildman–Crippen MR) is 102 cm³/mol. The molecule has 28 heavy (non-hydrogen) atoms. The first-order valence-electron chi connectivity index (χ1n) is 9.06. The van der Waals surface area contributed by atoms with E-state index in [1.165, 1.54) is 12.1 Å². The maximum atomic E-state index is 13.8. The molecule has 9 heteroatoms. The zero-order valence-corrected chi connectivity index (χ0v) is 15.8. The molecular weight excluding hydrogens is 365 g/mol. The van der Waals surface area contributed by atoms with Gasteiger partial charge in [0.15, 0.2) is 0 Å². The van der Waals surface area contributed by atoms with Crippen LogP contribution in [-0.4, -0.2) is 59.7 Å². The number of rotatable bonds is 4. The number of para-hydroxylation sites is 1. The van der Waals surface area contributed by atoms with E-state index in [-0.39, 0.29) is 17.5 Å². The van der Waals surface area contributed by atoms with Crippen molar-refractivity contribution in [1.82, 2.24) is 14.9 Å². The Hall–Kier alpha value is -3.23. The van der Waals surface area contributed by atoms with Gasteiger partial charge in [-0.3, -0.25) is 4.79 Å². The molecule has 1 fully saturated rings. The SMILES string of the molecule is CCOC(=O)N1CCN(c2nc(C)cc(C(=O)Nc3ccccc3F)n2)CC1. The van der Waals surface area contributed by atoms with E-state index in [1.54, 1.807) is 36.9 Å². The molecule has 1 aliphatic heterocycles. The number of aryl methyl sites for hydroxylation is 1. The van der Waals surface area contributed by atoms with Gasteiger partial charge < -0.3 is 19.9 Å². The number of carbonyl (C=O) groups excluding carboxylic acids is 2. The normalized spacial score (nSPS) is 14.0. The van der Waals surface area contributed by atoms with E-state index in [9.17, 15) is 14.0 Å². The summed E-state index contributed by atoms with van der Waals surface area (Å²) in [4.78, 5) is 36.6. The number of ether oxygens (including phenoxy) is 1. The van der Waals surface area contributed by atoms with Crippen LogP contribution in [0.2, 0.25) is 0 Å². The van der Waals surface area contributed by atoms with Crippen molar-refractivity contribution in [3.05, 3.63) is 47.5 Å². The lowest BCUT2D eigenvalue weighted by molar-refractivity contribution is 0.102. The molecule has 0 atom stereocenters. The summed E-state index contributed by atoms with van der Waals surface area (Å²) in [6, 6.07) is 7.49. The van der Waals surface area contributed by atoms with Crippen LogP contribution >= 0.6 is 0 Å². The second-order valence-electron chi connectivity index (χ2n) is 6.30. The minimum Gasteiger partial charge on any atom is -0.450 e. The molecule has 0 spiro atoms. The lowest BCUT2D eigenvalue weighted by Crippen LogP contribution is -2.49. The number of anilines is 2. The quantitative estimate of drug-likeness (QED) is 0.867. The van der Waals surface area contributed by atoms with E-state index >= 15 is 0 Å². The number of carbonyl (C=O) groups is 2. The monoisotopic (exact) mass is 387 g/mol. The molecule has 1 aliphatic rings. The summed E-state index contributed by atoms with van der Waals surface area (Å²) in [5.41, 5.74) is 0.864. The van der Waals surface area contributed by atoms with Crippen LogP contribution in [0, 0.1) is 12.7 Å². The topological polar surface area (TPSA) is 87.7 Å². The maximum Gasteiger partial charge on any atom is 0.409 e. The van der Waals surface area contributed by atoms with Gasteiger partial charge in [0.1, 0.15) is 11.5 Å². The average Bonchev–Trinajstić information content (AvgIpc) is 2.69. The van der Waals surface area contributed by atoms with Crippen molar-refractivity contribution in [2.75, 3.05) is 43.0 Å². The molecule has 1 aromatic heterocycles. The van der Waals surface area contributed by atoms with E-state index in [2.05, 4.69) is 15.3 Å². The number of nitrogens with zero attached hydrogens (tertiary/aromatic N) is 4. The van der Waals surface area contributed by atoms with Crippen LogP contribution in [0.4, 0.5) is 20.8 Å². The fourth-order valence-electron chi connectivity index (χ4n) is 2.86. The summed E-state index contributed by atoms with van der Waals surface area (Å²) >= 11 is 0. The Kier molecular flexibility index (Phi) is 6.03. The molecule has 2 heterocycles. The van der Waals surface area contributed by atoms with Crippen LogP contribution in [0.15, 0.2) is 30.3 Å². The van der Waals surface area contributed by atoms with E-state index in [0.717, 1.165) is 0 Å². The minimum atomic E-state index is -0.517. The van der Waals surface area contributed by atoms with E-state index < -0.39 is 11.7 Å². The lowest BCUT2D eigenvalue weighted by atomic mass is 10.2. The molecular formula is C19H22FN5O3. The van der Waals surface area contributed by atoms with E-state index in [4.69, 9.17) is 4.74 Å².